The van der Waals surface area contributed by atoms with E-state index in [0.717, 1.165) is 81.8 Å². The van der Waals surface area contributed by atoms with Crippen LogP contribution in [0.2, 0.25) is 0 Å². The number of amides is 1. The molecule has 2 saturated heterocycles. The second-order valence-electron chi connectivity index (χ2n) is 10.4. The summed E-state index contributed by atoms with van der Waals surface area (Å²) in [4.78, 5) is 18.8. The standard InChI is InChI=1S/C29H37F2N3O.ClH/c30-22-9-12-24(13-10-22)34-27-14-11-23(31)20-25(27)26-21-32(19-15-28(26)34)16-5-2-1-3-6-17-33-18-7-4-8-29(33)35;/h9-14,20,26,28H,1-8,15-19,21H2;1H/t26-,28+;/m0./s1. The third kappa shape index (κ3) is 6.03. The maximum atomic E-state index is 14.2. The van der Waals surface area contributed by atoms with Gasteiger partial charge in [-0.2, -0.15) is 0 Å². The minimum Gasteiger partial charge on any atom is -0.343 e. The van der Waals surface area contributed by atoms with Crippen molar-refractivity contribution >= 4 is 29.7 Å². The van der Waals surface area contributed by atoms with Gasteiger partial charge < -0.3 is 14.7 Å². The summed E-state index contributed by atoms with van der Waals surface area (Å²) in [6.45, 7) is 4.92. The van der Waals surface area contributed by atoms with Crippen LogP contribution in [-0.4, -0.2) is 54.5 Å². The number of anilines is 2. The van der Waals surface area contributed by atoms with Crippen molar-refractivity contribution in [3.05, 3.63) is 59.7 Å². The van der Waals surface area contributed by atoms with Crippen LogP contribution < -0.4 is 4.90 Å². The lowest BCUT2D eigenvalue weighted by Gasteiger charge is -2.39. The van der Waals surface area contributed by atoms with Crippen molar-refractivity contribution in [3.8, 4) is 0 Å². The third-order valence-electron chi connectivity index (χ3n) is 8.07. The minimum atomic E-state index is -0.237. The Bertz CT molecular complexity index is 1020. The van der Waals surface area contributed by atoms with Gasteiger partial charge in [0.15, 0.2) is 0 Å². The fourth-order valence-electron chi connectivity index (χ4n) is 6.24. The van der Waals surface area contributed by atoms with E-state index in [9.17, 15) is 13.6 Å². The van der Waals surface area contributed by atoms with Crippen LogP contribution in [0, 0.1) is 11.6 Å². The van der Waals surface area contributed by atoms with Crippen molar-refractivity contribution < 1.29 is 13.6 Å². The van der Waals surface area contributed by atoms with E-state index in [4.69, 9.17) is 0 Å². The molecule has 0 aliphatic carbocycles. The molecule has 2 aromatic rings. The highest BCUT2D eigenvalue weighted by molar-refractivity contribution is 5.85. The van der Waals surface area contributed by atoms with Gasteiger partial charge in [-0.3, -0.25) is 4.79 Å². The molecule has 0 unspecified atom stereocenters. The van der Waals surface area contributed by atoms with Gasteiger partial charge >= 0.3 is 0 Å². The number of likely N-dealkylation sites (tertiary alicyclic amines) is 2. The van der Waals surface area contributed by atoms with Crippen LogP contribution in [0.5, 0.6) is 0 Å². The van der Waals surface area contributed by atoms with Gasteiger partial charge in [-0.05, 0) is 86.7 Å². The van der Waals surface area contributed by atoms with Crippen molar-refractivity contribution in [2.24, 2.45) is 0 Å². The zero-order valence-corrected chi connectivity index (χ0v) is 21.8. The summed E-state index contributed by atoms with van der Waals surface area (Å²) < 4.78 is 27.7. The second-order valence-corrected chi connectivity index (χ2v) is 10.4. The van der Waals surface area contributed by atoms with Crippen molar-refractivity contribution in [3.63, 3.8) is 0 Å². The van der Waals surface area contributed by atoms with Gasteiger partial charge in [0.25, 0.3) is 0 Å². The van der Waals surface area contributed by atoms with Gasteiger partial charge in [-0.1, -0.05) is 19.3 Å². The minimum absolute atomic E-state index is 0. The van der Waals surface area contributed by atoms with Crippen LogP contribution >= 0.6 is 12.4 Å². The summed E-state index contributed by atoms with van der Waals surface area (Å²) in [5.41, 5.74) is 3.12. The molecule has 0 aromatic heterocycles. The zero-order chi connectivity index (χ0) is 24.2. The fraction of sp³-hybridized carbons (Fsp3) is 0.552. The van der Waals surface area contributed by atoms with Crippen LogP contribution in [0.4, 0.5) is 20.2 Å². The second kappa shape index (κ2) is 12.4. The molecule has 1 amide bonds. The molecule has 0 N–H and O–H groups in total. The van der Waals surface area contributed by atoms with Gasteiger partial charge in [0.2, 0.25) is 5.91 Å². The quantitative estimate of drug-likeness (QED) is 0.348. The maximum absolute atomic E-state index is 14.2. The average Bonchev–Trinajstić information content (AvgIpc) is 3.18. The summed E-state index contributed by atoms with van der Waals surface area (Å²) in [6.07, 6.45) is 9.87. The van der Waals surface area contributed by atoms with E-state index in [1.807, 2.05) is 23.1 Å². The van der Waals surface area contributed by atoms with Crippen molar-refractivity contribution in [2.45, 2.75) is 69.7 Å². The first-order valence-corrected chi connectivity index (χ1v) is 13.4. The van der Waals surface area contributed by atoms with Crippen LogP contribution in [0.1, 0.15) is 69.3 Å². The third-order valence-corrected chi connectivity index (χ3v) is 8.07. The Kier molecular flexibility index (Phi) is 9.24. The predicted molar refractivity (Wildman–Crippen MR) is 143 cm³/mol. The molecular weight excluding hydrogens is 480 g/mol. The number of halogens is 3. The monoisotopic (exact) mass is 517 g/mol. The van der Waals surface area contributed by atoms with E-state index in [0.29, 0.717) is 5.91 Å². The highest BCUT2D eigenvalue weighted by Gasteiger charge is 2.42. The first kappa shape index (κ1) is 26.9. The average molecular weight is 518 g/mol. The summed E-state index contributed by atoms with van der Waals surface area (Å²) >= 11 is 0. The Labute approximate surface area is 220 Å². The number of unbranched alkanes of at least 4 members (excludes halogenated alkanes) is 4. The highest BCUT2D eigenvalue weighted by atomic mass is 35.5. The molecule has 0 saturated carbocycles. The van der Waals surface area contributed by atoms with E-state index in [1.165, 1.54) is 43.9 Å². The Balaban J connectivity index is 0.00000304. The van der Waals surface area contributed by atoms with Crippen LogP contribution in [0.25, 0.3) is 0 Å². The van der Waals surface area contributed by atoms with Gasteiger partial charge in [0, 0.05) is 55.9 Å². The molecule has 3 heterocycles. The molecule has 3 aliphatic heterocycles. The van der Waals surface area contributed by atoms with Crippen LogP contribution in [0.3, 0.4) is 0 Å². The number of piperidine rings is 2. The van der Waals surface area contributed by atoms with E-state index >= 15 is 0 Å². The highest BCUT2D eigenvalue weighted by Crippen LogP contribution is 2.48. The Hall–Kier alpha value is -2.18. The SMILES string of the molecule is Cl.O=C1CCCCN1CCCCCCCN1CC[C@@H]2[C@@H](C1)c1cc(F)ccc1N2c1ccc(F)cc1. The first-order chi connectivity index (χ1) is 17.1. The molecule has 4 nitrogen and oxygen atoms in total. The van der Waals surface area contributed by atoms with E-state index < -0.39 is 0 Å². The van der Waals surface area contributed by atoms with Crippen molar-refractivity contribution in [1.29, 1.82) is 0 Å². The maximum Gasteiger partial charge on any atom is 0.222 e. The van der Waals surface area contributed by atoms with Gasteiger partial charge in [-0.25, -0.2) is 8.78 Å². The lowest BCUT2D eigenvalue weighted by Crippen LogP contribution is -2.45. The van der Waals surface area contributed by atoms with Gasteiger partial charge in [-0.15, -0.1) is 12.4 Å². The smallest absolute Gasteiger partial charge is 0.222 e. The first-order valence-electron chi connectivity index (χ1n) is 13.4. The molecule has 2 fully saturated rings. The molecule has 7 heteroatoms. The van der Waals surface area contributed by atoms with Gasteiger partial charge in [0.05, 0.1) is 0 Å². The molecule has 36 heavy (non-hydrogen) atoms. The van der Waals surface area contributed by atoms with Crippen LogP contribution in [-0.2, 0) is 4.79 Å². The van der Waals surface area contributed by atoms with Crippen LogP contribution in [0.15, 0.2) is 42.5 Å². The number of nitrogens with zero attached hydrogens (tertiary/aromatic N) is 3. The summed E-state index contributed by atoms with van der Waals surface area (Å²) in [5, 5.41) is 0. The molecule has 2 aromatic carbocycles. The number of carbonyl (C=O) groups is 1. The number of fused-ring (bicyclic) bond motifs is 3. The Morgan fingerprint density at radius 3 is 2.33 bits per heavy atom. The lowest BCUT2D eigenvalue weighted by molar-refractivity contribution is -0.133. The van der Waals surface area contributed by atoms with E-state index in [-0.39, 0.29) is 36.0 Å². The summed E-state index contributed by atoms with van der Waals surface area (Å²) in [6, 6.07) is 12.1. The predicted octanol–water partition coefficient (Wildman–Crippen LogP) is 6.66. The number of carbonyl (C=O) groups excluding carboxylic acids is 1. The summed E-state index contributed by atoms with van der Waals surface area (Å²) in [7, 11) is 0. The van der Waals surface area contributed by atoms with E-state index in [1.54, 1.807) is 6.07 Å². The molecule has 5 rings (SSSR count). The Morgan fingerprint density at radius 1 is 0.833 bits per heavy atom. The molecule has 2 atom stereocenters. The van der Waals surface area contributed by atoms with E-state index in [2.05, 4.69) is 9.80 Å². The largest absolute Gasteiger partial charge is 0.343 e. The number of hydrogen-bond acceptors (Lipinski definition) is 3. The van der Waals surface area contributed by atoms with Crippen molar-refractivity contribution in [2.75, 3.05) is 37.6 Å². The molecule has 196 valence electrons. The lowest BCUT2D eigenvalue weighted by atomic mass is 9.88. The topological polar surface area (TPSA) is 26.8 Å². The molecule has 3 aliphatic rings. The normalized spacial score (nSPS) is 21.8. The molecule has 0 bridgehead atoms. The number of benzene rings is 2. The number of rotatable bonds is 9. The molecule has 0 radical (unpaired) electrons. The molecular formula is C29H38ClF2N3O. The molecule has 0 spiro atoms. The fourth-order valence-corrected chi connectivity index (χ4v) is 6.24. The zero-order valence-electron chi connectivity index (χ0n) is 21.0. The van der Waals surface area contributed by atoms with Crippen molar-refractivity contribution in [1.82, 2.24) is 9.80 Å². The summed E-state index contributed by atoms with van der Waals surface area (Å²) in [5.74, 6) is 0.179. The Morgan fingerprint density at radius 2 is 1.56 bits per heavy atom. The van der Waals surface area contributed by atoms with Gasteiger partial charge in [0.1, 0.15) is 11.6 Å². The number of hydrogen-bond donors (Lipinski definition) is 0.